The first-order chi connectivity index (χ1) is 6.07. The van der Waals surface area contributed by atoms with Crippen LogP contribution in [0.15, 0.2) is 0 Å². The molecule has 0 aromatic rings. The molecular weight excluding hydrogens is 217 g/mol. The molecule has 0 aromatic heterocycles. The van der Waals surface area contributed by atoms with E-state index >= 15 is 0 Å². The second-order valence-corrected chi connectivity index (χ2v) is 4.25. The van der Waals surface area contributed by atoms with E-state index in [2.05, 4.69) is 0 Å². The maximum absolute atomic E-state index is 12.4. The zero-order valence-electron chi connectivity index (χ0n) is 8.56. The van der Waals surface area contributed by atoms with Crippen LogP contribution in [0.1, 0.15) is 25.7 Å². The Morgan fingerprint density at radius 2 is 1.71 bits per heavy atom. The Morgan fingerprint density at radius 1 is 1.07 bits per heavy atom. The molecule has 0 aromatic carbocycles. The minimum absolute atomic E-state index is 0. The first-order valence-electron chi connectivity index (χ1n) is 5.01. The second kappa shape index (κ2) is 5.19. The standard InChI is InChI=1S/C8H14BF3N.K/c10-9(11,12)7-4-5-13(6-7)8-2-1-3-8;/h7-8H,1-6H2;/q-1;+1. The van der Waals surface area contributed by atoms with Crippen LogP contribution < -0.4 is 51.4 Å². The summed E-state index contributed by atoms with van der Waals surface area (Å²) in [6.07, 6.45) is 3.75. The van der Waals surface area contributed by atoms with Crippen molar-refractivity contribution in [3.63, 3.8) is 0 Å². The summed E-state index contributed by atoms with van der Waals surface area (Å²) in [5.41, 5.74) is 0. The number of hydrogen-bond donors (Lipinski definition) is 0. The van der Waals surface area contributed by atoms with Gasteiger partial charge < -0.3 is 17.8 Å². The van der Waals surface area contributed by atoms with Gasteiger partial charge in [0.1, 0.15) is 0 Å². The van der Waals surface area contributed by atoms with Crippen LogP contribution in [0.2, 0.25) is 5.82 Å². The predicted molar refractivity (Wildman–Crippen MR) is 46.7 cm³/mol. The summed E-state index contributed by atoms with van der Waals surface area (Å²) in [7, 11) is 0. The summed E-state index contributed by atoms with van der Waals surface area (Å²) in [5, 5.41) is 0. The van der Waals surface area contributed by atoms with Crippen molar-refractivity contribution in [3.8, 4) is 0 Å². The molecule has 76 valence electrons. The molecule has 1 unspecified atom stereocenters. The van der Waals surface area contributed by atoms with E-state index in [4.69, 9.17) is 0 Å². The maximum atomic E-state index is 12.4. The van der Waals surface area contributed by atoms with Gasteiger partial charge in [-0.1, -0.05) is 18.7 Å². The van der Waals surface area contributed by atoms with Crippen LogP contribution in [0.5, 0.6) is 0 Å². The molecule has 1 heterocycles. The van der Waals surface area contributed by atoms with E-state index in [-0.39, 0.29) is 57.9 Å². The number of rotatable bonds is 2. The first-order valence-corrected chi connectivity index (χ1v) is 5.01. The van der Waals surface area contributed by atoms with Crippen LogP contribution >= 0.6 is 0 Å². The summed E-state index contributed by atoms with van der Waals surface area (Å²) in [4.78, 5) is 2.03. The molecule has 2 fully saturated rings. The van der Waals surface area contributed by atoms with Crippen molar-refractivity contribution >= 4 is 6.98 Å². The fourth-order valence-electron chi connectivity index (χ4n) is 2.21. The molecule has 6 heteroatoms. The minimum atomic E-state index is -4.59. The number of likely N-dealkylation sites (tertiary alicyclic amines) is 1. The molecule has 1 saturated carbocycles. The fourth-order valence-corrected chi connectivity index (χ4v) is 2.21. The second-order valence-electron chi connectivity index (χ2n) is 4.25. The van der Waals surface area contributed by atoms with Gasteiger partial charge in [-0.15, -0.1) is 0 Å². The Morgan fingerprint density at radius 3 is 2.07 bits per heavy atom. The van der Waals surface area contributed by atoms with Gasteiger partial charge in [-0.2, -0.15) is 0 Å². The van der Waals surface area contributed by atoms with E-state index < -0.39 is 12.8 Å². The molecule has 1 atom stereocenters. The van der Waals surface area contributed by atoms with E-state index in [9.17, 15) is 12.9 Å². The number of halogens is 3. The third kappa shape index (κ3) is 2.98. The van der Waals surface area contributed by atoms with Crippen molar-refractivity contribution in [2.75, 3.05) is 13.1 Å². The fraction of sp³-hybridized carbons (Fsp3) is 1.00. The van der Waals surface area contributed by atoms with E-state index in [1.54, 1.807) is 0 Å². The largest absolute Gasteiger partial charge is 1.00 e. The first kappa shape index (κ1) is 13.5. The molecule has 0 spiro atoms. The predicted octanol–water partition coefficient (Wildman–Crippen LogP) is -0.534. The Bertz CT molecular complexity index is 196. The molecule has 0 amide bonds. The quantitative estimate of drug-likeness (QED) is 0.577. The van der Waals surface area contributed by atoms with Gasteiger partial charge >= 0.3 is 58.4 Å². The average molecular weight is 231 g/mol. The smallest absolute Gasteiger partial charge is 0.449 e. The Hall–Kier alpha value is 1.45. The van der Waals surface area contributed by atoms with Crippen LogP contribution in [0.25, 0.3) is 0 Å². The van der Waals surface area contributed by atoms with Crippen LogP contribution in [0, 0.1) is 0 Å². The summed E-state index contributed by atoms with van der Waals surface area (Å²) < 4.78 is 37.1. The van der Waals surface area contributed by atoms with Gasteiger partial charge in [-0.25, -0.2) is 0 Å². The van der Waals surface area contributed by atoms with Crippen molar-refractivity contribution in [1.82, 2.24) is 4.90 Å². The maximum Gasteiger partial charge on any atom is 1.00 e. The van der Waals surface area contributed by atoms with Crippen molar-refractivity contribution in [3.05, 3.63) is 0 Å². The molecule has 1 aliphatic heterocycles. The average Bonchev–Trinajstić information content (AvgIpc) is 2.29. The molecule has 2 aliphatic rings. The molecule has 14 heavy (non-hydrogen) atoms. The Kier molecular flexibility index (Phi) is 5.01. The monoisotopic (exact) mass is 231 g/mol. The van der Waals surface area contributed by atoms with Crippen LogP contribution in [0.3, 0.4) is 0 Å². The van der Waals surface area contributed by atoms with Gasteiger partial charge in [-0.05, 0) is 25.9 Å². The third-order valence-electron chi connectivity index (χ3n) is 3.38. The van der Waals surface area contributed by atoms with Gasteiger partial charge in [-0.3, -0.25) is 0 Å². The minimum Gasteiger partial charge on any atom is -0.449 e. The van der Waals surface area contributed by atoms with Gasteiger partial charge in [0, 0.05) is 6.04 Å². The SMILES string of the molecule is F[B-](F)(F)C1CCN(C2CCC2)C1.[K+]. The van der Waals surface area contributed by atoms with Crippen molar-refractivity contribution in [2.24, 2.45) is 0 Å². The van der Waals surface area contributed by atoms with Gasteiger partial charge in [0.25, 0.3) is 0 Å². The van der Waals surface area contributed by atoms with Gasteiger partial charge in [0.05, 0.1) is 0 Å². The molecule has 0 radical (unpaired) electrons. The van der Waals surface area contributed by atoms with Crippen LogP contribution in [0.4, 0.5) is 12.9 Å². The molecule has 0 N–H and O–H groups in total. The van der Waals surface area contributed by atoms with E-state index in [0.29, 0.717) is 19.0 Å². The molecule has 2 rings (SSSR count). The molecular formula is C8H14BF3KN. The molecule has 0 bridgehead atoms. The van der Waals surface area contributed by atoms with Crippen LogP contribution in [-0.4, -0.2) is 31.0 Å². The summed E-state index contributed by atoms with van der Waals surface area (Å²) in [5.74, 6) is -0.999. The number of nitrogens with zero attached hydrogens (tertiary/aromatic N) is 1. The van der Waals surface area contributed by atoms with Crippen molar-refractivity contribution in [2.45, 2.75) is 37.5 Å². The zero-order valence-corrected chi connectivity index (χ0v) is 11.7. The molecule has 1 nitrogen and oxygen atoms in total. The third-order valence-corrected chi connectivity index (χ3v) is 3.38. The van der Waals surface area contributed by atoms with Crippen LogP contribution in [-0.2, 0) is 0 Å². The zero-order chi connectivity index (χ0) is 9.47. The molecule has 1 saturated heterocycles. The van der Waals surface area contributed by atoms with Crippen molar-refractivity contribution in [1.29, 1.82) is 0 Å². The van der Waals surface area contributed by atoms with E-state index in [1.807, 2.05) is 4.90 Å². The Balaban J connectivity index is 0.000000980. The van der Waals surface area contributed by atoms with Gasteiger partial charge in [0.2, 0.25) is 0 Å². The summed E-state index contributed by atoms with van der Waals surface area (Å²) in [6.45, 7) is -3.65. The van der Waals surface area contributed by atoms with Crippen molar-refractivity contribution < 1.29 is 64.3 Å². The van der Waals surface area contributed by atoms with Gasteiger partial charge in [0.15, 0.2) is 0 Å². The normalized spacial score (nSPS) is 29.8. The van der Waals surface area contributed by atoms with E-state index in [0.717, 1.165) is 12.8 Å². The van der Waals surface area contributed by atoms with E-state index in [1.165, 1.54) is 6.42 Å². The Labute approximate surface area is 125 Å². The molecule has 1 aliphatic carbocycles. The summed E-state index contributed by atoms with van der Waals surface area (Å²) in [6, 6.07) is 0.475. The number of hydrogen-bond acceptors (Lipinski definition) is 1. The topological polar surface area (TPSA) is 3.24 Å². The summed E-state index contributed by atoms with van der Waals surface area (Å²) >= 11 is 0.